The van der Waals surface area contributed by atoms with E-state index in [1.807, 2.05) is 60.0 Å². The second-order valence-corrected chi connectivity index (χ2v) is 12.1. The van der Waals surface area contributed by atoms with Crippen LogP contribution in [0.3, 0.4) is 0 Å². The number of carbonyl (C=O) groups excluding carboxylic acids is 3. The third-order valence-corrected chi connectivity index (χ3v) is 9.14. The van der Waals surface area contributed by atoms with Crippen molar-refractivity contribution in [2.24, 2.45) is 0 Å². The fraction of sp³-hybridized carbons (Fsp3) is 0.194. The summed E-state index contributed by atoms with van der Waals surface area (Å²) in [5.41, 5.74) is 3.72. The number of hydrogen-bond donors (Lipinski definition) is 1. The van der Waals surface area contributed by atoms with Crippen molar-refractivity contribution in [2.45, 2.75) is 33.4 Å². The summed E-state index contributed by atoms with van der Waals surface area (Å²) in [4.78, 5) is 51.1. The van der Waals surface area contributed by atoms with E-state index in [4.69, 9.17) is 14.2 Å². The number of aryl methyl sites for hydroxylation is 3. The van der Waals surface area contributed by atoms with Crippen LogP contribution in [0.5, 0.6) is 11.5 Å². The van der Waals surface area contributed by atoms with Crippen molar-refractivity contribution in [3.8, 4) is 11.5 Å². The average molecular weight is 665 g/mol. The second-order valence-electron chi connectivity index (χ2n) is 11.1. The Balaban J connectivity index is 1.50. The van der Waals surface area contributed by atoms with Crippen molar-refractivity contribution in [3.05, 3.63) is 124 Å². The second kappa shape index (κ2) is 13.2. The number of fused-ring (bicyclic) bond motifs is 1. The molecule has 1 fully saturated rings. The van der Waals surface area contributed by atoms with Crippen molar-refractivity contribution >= 4 is 45.5 Å². The van der Waals surface area contributed by atoms with Crippen molar-refractivity contribution in [1.82, 2.24) is 14.4 Å². The number of imidazole rings is 1. The van der Waals surface area contributed by atoms with E-state index in [0.29, 0.717) is 34.1 Å². The first-order valence-electron chi connectivity index (χ1n) is 15.0. The summed E-state index contributed by atoms with van der Waals surface area (Å²) < 4.78 is 18.8. The number of aromatic nitrogens is 3. The van der Waals surface area contributed by atoms with Gasteiger partial charge in [0.15, 0.2) is 22.4 Å². The number of aliphatic hydroxyl groups is 1. The highest BCUT2D eigenvalue weighted by Crippen LogP contribution is 2.46. The molecule has 11 nitrogen and oxygen atoms in total. The Labute approximate surface area is 280 Å². The molecule has 1 atom stereocenters. The minimum absolute atomic E-state index is 0.00759. The number of carbonyl (C=O) groups is 3. The fourth-order valence-corrected chi connectivity index (χ4v) is 6.59. The number of Topliss-reactive ketones (excluding diaryl/α,β-unsaturated/α-hetero) is 1. The highest BCUT2D eigenvalue weighted by atomic mass is 32.1. The summed E-state index contributed by atoms with van der Waals surface area (Å²) in [5, 5.41) is 11.9. The Morgan fingerprint density at radius 1 is 1.04 bits per heavy atom. The van der Waals surface area contributed by atoms with Gasteiger partial charge in [0.05, 0.1) is 30.1 Å². The highest BCUT2D eigenvalue weighted by Gasteiger charge is 2.49. The molecule has 1 aliphatic heterocycles. The van der Waals surface area contributed by atoms with Crippen LogP contribution in [0.15, 0.2) is 85.1 Å². The number of ether oxygens (including phenoxy) is 3. The SMILES string of the molecule is C=CCOC(=O)c1sc(N2C(=O)C(=O)C(=C(O)c3nc4c(C)cccn4c3C)C2c2ccc(OCc3ccccc3)c(OC)c2)nc1C. The van der Waals surface area contributed by atoms with Gasteiger partial charge in [-0.2, -0.15) is 0 Å². The summed E-state index contributed by atoms with van der Waals surface area (Å²) in [6.07, 6.45) is 3.25. The molecule has 1 aliphatic rings. The summed E-state index contributed by atoms with van der Waals surface area (Å²) >= 11 is 0.910. The van der Waals surface area contributed by atoms with Crippen LogP contribution in [0.2, 0.25) is 0 Å². The molecule has 6 rings (SSSR count). The van der Waals surface area contributed by atoms with Crippen LogP contribution in [0.25, 0.3) is 11.4 Å². The third kappa shape index (κ3) is 5.71. The number of hydrogen-bond acceptors (Lipinski definition) is 10. The lowest BCUT2D eigenvalue weighted by atomic mass is 9.96. The minimum atomic E-state index is -1.16. The van der Waals surface area contributed by atoms with Crippen LogP contribution in [-0.2, 0) is 20.9 Å². The lowest BCUT2D eigenvalue weighted by molar-refractivity contribution is -0.132. The minimum Gasteiger partial charge on any atom is -0.505 e. The molecule has 2 aromatic carbocycles. The van der Waals surface area contributed by atoms with Gasteiger partial charge in [-0.3, -0.25) is 14.5 Å². The van der Waals surface area contributed by atoms with Gasteiger partial charge in [0.1, 0.15) is 29.4 Å². The number of esters is 1. The highest BCUT2D eigenvalue weighted by molar-refractivity contribution is 7.17. The predicted molar refractivity (Wildman–Crippen MR) is 181 cm³/mol. The van der Waals surface area contributed by atoms with E-state index in [0.717, 1.165) is 22.5 Å². The summed E-state index contributed by atoms with van der Waals surface area (Å²) in [5.74, 6) is -2.16. The van der Waals surface area contributed by atoms with E-state index in [1.165, 1.54) is 18.1 Å². The number of nitrogens with zero attached hydrogens (tertiary/aromatic N) is 4. The number of benzene rings is 2. The van der Waals surface area contributed by atoms with Crippen LogP contribution in [0, 0.1) is 20.8 Å². The number of methoxy groups -OCH3 is 1. The number of amides is 1. The zero-order valence-corrected chi connectivity index (χ0v) is 27.5. The number of ketones is 1. The van der Waals surface area contributed by atoms with Crippen molar-refractivity contribution in [2.75, 3.05) is 18.6 Å². The lowest BCUT2D eigenvalue weighted by Crippen LogP contribution is -2.29. The van der Waals surface area contributed by atoms with Gasteiger partial charge in [-0.25, -0.2) is 14.8 Å². The maximum atomic E-state index is 13.9. The molecule has 1 unspecified atom stereocenters. The van der Waals surface area contributed by atoms with Gasteiger partial charge in [0.25, 0.3) is 5.78 Å². The van der Waals surface area contributed by atoms with E-state index in [9.17, 15) is 19.5 Å². The van der Waals surface area contributed by atoms with Crippen LogP contribution in [0.1, 0.15) is 49.5 Å². The van der Waals surface area contributed by atoms with Gasteiger partial charge in [0.2, 0.25) is 0 Å². The molecular formula is C36H32N4O7S. The molecule has 12 heteroatoms. The van der Waals surface area contributed by atoms with Crippen molar-refractivity contribution in [3.63, 3.8) is 0 Å². The molecule has 1 N–H and O–H groups in total. The van der Waals surface area contributed by atoms with Crippen molar-refractivity contribution in [1.29, 1.82) is 0 Å². The predicted octanol–water partition coefficient (Wildman–Crippen LogP) is 6.27. The fourth-order valence-electron chi connectivity index (χ4n) is 5.60. The van der Waals surface area contributed by atoms with Gasteiger partial charge in [-0.1, -0.05) is 66.5 Å². The molecule has 3 aromatic heterocycles. The quantitative estimate of drug-likeness (QED) is 0.0603. The molecule has 0 radical (unpaired) electrons. The van der Waals surface area contributed by atoms with Crippen LogP contribution < -0.4 is 14.4 Å². The van der Waals surface area contributed by atoms with Crippen LogP contribution >= 0.6 is 11.3 Å². The molecule has 0 aliphatic carbocycles. The van der Waals surface area contributed by atoms with Gasteiger partial charge in [-0.05, 0) is 55.7 Å². The first kappa shape index (κ1) is 32.2. The van der Waals surface area contributed by atoms with Crippen molar-refractivity contribution < 1.29 is 33.7 Å². The molecule has 1 amide bonds. The van der Waals surface area contributed by atoms with E-state index in [-0.39, 0.29) is 34.5 Å². The largest absolute Gasteiger partial charge is 0.505 e. The van der Waals surface area contributed by atoms with Gasteiger partial charge in [0, 0.05) is 6.20 Å². The number of rotatable bonds is 10. The number of aliphatic hydroxyl groups excluding tert-OH is 1. The third-order valence-electron chi connectivity index (χ3n) is 8.00. The zero-order chi connectivity index (χ0) is 34.1. The van der Waals surface area contributed by atoms with E-state index >= 15 is 0 Å². The van der Waals surface area contributed by atoms with Gasteiger partial charge in [-0.15, -0.1) is 0 Å². The molecule has 0 bridgehead atoms. The van der Waals surface area contributed by atoms with Gasteiger partial charge < -0.3 is 23.7 Å². The van der Waals surface area contributed by atoms with E-state index in [2.05, 4.69) is 16.5 Å². The number of pyridine rings is 1. The molecule has 5 aromatic rings. The number of thiazole rings is 1. The maximum absolute atomic E-state index is 13.9. The Hall–Kier alpha value is -5.75. The Kier molecular flexibility index (Phi) is 8.83. The Bertz CT molecular complexity index is 2120. The monoisotopic (exact) mass is 664 g/mol. The molecule has 4 heterocycles. The van der Waals surface area contributed by atoms with Crippen LogP contribution in [-0.4, -0.2) is 50.9 Å². The first-order valence-corrected chi connectivity index (χ1v) is 15.8. The summed E-state index contributed by atoms with van der Waals surface area (Å²) in [6.45, 7) is 9.11. The Morgan fingerprint density at radius 3 is 2.52 bits per heavy atom. The van der Waals surface area contributed by atoms with E-state index < -0.39 is 29.5 Å². The standard InChI is InChI=1S/C36H32N4O7S/c1-6-17-46-35(44)32-21(3)37-36(48-32)40-29(24-14-15-25(26(18-24)45-5)47-19-23-12-8-7-9-13-23)27(31(42)34(40)43)30(41)28-22(4)39-16-10-11-20(2)33(39)38-28/h6-16,18,29,41H,1,17,19H2,2-5H3. The van der Waals surface area contributed by atoms with E-state index in [1.54, 1.807) is 32.0 Å². The topological polar surface area (TPSA) is 133 Å². The normalized spacial score (nSPS) is 15.6. The lowest BCUT2D eigenvalue weighted by Gasteiger charge is -2.24. The molecule has 48 heavy (non-hydrogen) atoms. The summed E-state index contributed by atoms with van der Waals surface area (Å²) in [7, 11) is 1.49. The number of anilines is 1. The smallest absolute Gasteiger partial charge is 0.350 e. The Morgan fingerprint density at radius 2 is 1.81 bits per heavy atom. The molecule has 0 spiro atoms. The molecule has 244 valence electrons. The first-order chi connectivity index (χ1) is 23.1. The maximum Gasteiger partial charge on any atom is 0.350 e. The average Bonchev–Trinajstić information content (AvgIpc) is 3.73. The molecule has 1 saturated heterocycles. The molecular weight excluding hydrogens is 632 g/mol. The zero-order valence-electron chi connectivity index (χ0n) is 26.7. The molecule has 0 saturated carbocycles. The van der Waals surface area contributed by atoms with Crippen LogP contribution in [0.4, 0.5) is 5.13 Å². The summed E-state index contributed by atoms with van der Waals surface area (Å²) in [6, 6.07) is 17.2. The van der Waals surface area contributed by atoms with Gasteiger partial charge >= 0.3 is 11.9 Å².